The van der Waals surface area contributed by atoms with Crippen LogP contribution in [0, 0.1) is 6.92 Å². The van der Waals surface area contributed by atoms with Crippen molar-refractivity contribution in [1.29, 1.82) is 0 Å². The van der Waals surface area contributed by atoms with Crippen molar-refractivity contribution in [1.82, 2.24) is 14.8 Å². The third-order valence-electron chi connectivity index (χ3n) is 3.78. The number of aryl methyl sites for hydroxylation is 2. The van der Waals surface area contributed by atoms with Gasteiger partial charge in [-0.25, -0.2) is 0 Å². The summed E-state index contributed by atoms with van der Waals surface area (Å²) < 4.78 is 2.34. The van der Waals surface area contributed by atoms with Crippen LogP contribution in [-0.4, -0.2) is 14.8 Å². The van der Waals surface area contributed by atoms with Crippen LogP contribution in [0.2, 0.25) is 0 Å². The molecule has 1 unspecified atom stereocenters. The topological polar surface area (TPSA) is 30.7 Å². The second-order valence-electron chi connectivity index (χ2n) is 5.31. The Kier molecular flexibility index (Phi) is 2.90. The molecule has 1 aliphatic heterocycles. The highest BCUT2D eigenvalue weighted by molar-refractivity contribution is 5.24. The zero-order valence-corrected chi connectivity index (χ0v) is 11.1. The largest absolute Gasteiger partial charge is 0.312 e. The van der Waals surface area contributed by atoms with Crippen molar-refractivity contribution in [3.63, 3.8) is 0 Å². The van der Waals surface area contributed by atoms with Crippen molar-refractivity contribution in [2.75, 3.05) is 0 Å². The Morgan fingerprint density at radius 3 is 2.78 bits per heavy atom. The Morgan fingerprint density at radius 2 is 2.00 bits per heavy atom. The third-order valence-corrected chi connectivity index (χ3v) is 3.78. The number of hydrogen-bond acceptors (Lipinski definition) is 2. The second-order valence-corrected chi connectivity index (χ2v) is 5.31. The highest BCUT2D eigenvalue weighted by atomic mass is 15.3. The average Bonchev–Trinajstić information content (AvgIpc) is 2.77. The molecular formula is C15H19N3. The molecule has 3 rings (SSSR count). The highest BCUT2D eigenvalue weighted by Crippen LogP contribution is 2.25. The van der Waals surface area contributed by atoms with E-state index in [9.17, 15) is 0 Å². The van der Waals surface area contributed by atoms with E-state index < -0.39 is 0 Å². The van der Waals surface area contributed by atoms with Crippen LogP contribution in [0.3, 0.4) is 0 Å². The number of hydrogen-bond donors (Lipinski definition) is 0. The van der Waals surface area contributed by atoms with Crippen molar-refractivity contribution < 1.29 is 0 Å². The maximum absolute atomic E-state index is 4.38. The molecule has 0 amide bonds. The number of benzene rings is 1. The van der Waals surface area contributed by atoms with Gasteiger partial charge in [-0.3, -0.25) is 0 Å². The van der Waals surface area contributed by atoms with E-state index in [2.05, 4.69) is 52.9 Å². The second kappa shape index (κ2) is 4.56. The molecule has 2 heterocycles. The van der Waals surface area contributed by atoms with Crippen molar-refractivity contribution in [3.05, 3.63) is 47.0 Å². The summed E-state index contributed by atoms with van der Waals surface area (Å²) in [5.74, 6) is 2.27. The third kappa shape index (κ3) is 2.05. The van der Waals surface area contributed by atoms with Crippen LogP contribution in [0.25, 0.3) is 0 Å². The minimum absolute atomic E-state index is 0.546. The fraction of sp³-hybridized carbons (Fsp3) is 0.467. The van der Waals surface area contributed by atoms with Gasteiger partial charge in [0.05, 0.1) is 0 Å². The molecule has 0 saturated heterocycles. The Labute approximate surface area is 108 Å². The Balaban J connectivity index is 1.89. The molecule has 1 atom stereocenters. The Hall–Kier alpha value is -1.64. The quantitative estimate of drug-likeness (QED) is 0.809. The predicted molar refractivity (Wildman–Crippen MR) is 71.7 cm³/mol. The molecule has 1 aromatic carbocycles. The first-order valence-electron chi connectivity index (χ1n) is 6.72. The van der Waals surface area contributed by atoms with Gasteiger partial charge < -0.3 is 4.57 Å². The van der Waals surface area contributed by atoms with E-state index in [1.807, 2.05) is 0 Å². The summed E-state index contributed by atoms with van der Waals surface area (Å²) in [4.78, 5) is 0. The minimum atomic E-state index is 0.546. The Bertz CT molecular complexity index is 539. The number of aromatic nitrogens is 3. The molecule has 0 radical (unpaired) electrons. The van der Waals surface area contributed by atoms with Crippen LogP contribution in [0.5, 0.6) is 0 Å². The molecule has 18 heavy (non-hydrogen) atoms. The van der Waals surface area contributed by atoms with E-state index >= 15 is 0 Å². The lowest BCUT2D eigenvalue weighted by atomic mass is 10.0. The van der Waals surface area contributed by atoms with Crippen molar-refractivity contribution >= 4 is 0 Å². The molecule has 94 valence electrons. The van der Waals surface area contributed by atoms with Crippen LogP contribution in [0.4, 0.5) is 0 Å². The Morgan fingerprint density at radius 1 is 1.22 bits per heavy atom. The van der Waals surface area contributed by atoms with Crippen LogP contribution >= 0.6 is 0 Å². The molecule has 1 aromatic heterocycles. The van der Waals surface area contributed by atoms with Crippen LogP contribution < -0.4 is 0 Å². The minimum Gasteiger partial charge on any atom is -0.312 e. The summed E-state index contributed by atoms with van der Waals surface area (Å²) in [7, 11) is 0. The van der Waals surface area contributed by atoms with Gasteiger partial charge in [0.25, 0.3) is 0 Å². The molecule has 0 bridgehead atoms. The zero-order chi connectivity index (χ0) is 12.5. The lowest BCUT2D eigenvalue weighted by molar-refractivity contribution is 0.416. The molecule has 0 fully saturated rings. The first kappa shape index (κ1) is 11.5. The highest BCUT2D eigenvalue weighted by Gasteiger charge is 2.21. The van der Waals surface area contributed by atoms with Gasteiger partial charge in [-0.15, -0.1) is 10.2 Å². The molecule has 0 aliphatic carbocycles. The maximum atomic E-state index is 4.38. The van der Waals surface area contributed by atoms with Gasteiger partial charge in [-0.05, 0) is 32.3 Å². The molecular weight excluding hydrogens is 222 g/mol. The summed E-state index contributed by atoms with van der Waals surface area (Å²) in [6.45, 7) is 4.38. The van der Waals surface area contributed by atoms with Crippen LogP contribution in [0.1, 0.15) is 48.6 Å². The molecule has 3 heteroatoms. The summed E-state index contributed by atoms with van der Waals surface area (Å²) in [6.07, 6.45) is 4.44. The van der Waals surface area contributed by atoms with Gasteiger partial charge in [0.1, 0.15) is 11.6 Å². The van der Waals surface area contributed by atoms with Crippen molar-refractivity contribution in [3.8, 4) is 0 Å². The molecule has 2 aromatic rings. The first-order chi connectivity index (χ1) is 8.74. The molecule has 0 spiro atoms. The fourth-order valence-electron chi connectivity index (χ4n) is 2.73. The first-order valence-corrected chi connectivity index (χ1v) is 6.72. The summed E-state index contributed by atoms with van der Waals surface area (Å²) >= 11 is 0. The van der Waals surface area contributed by atoms with E-state index in [-0.39, 0.29) is 0 Å². The number of rotatable bonds is 2. The number of nitrogens with zero attached hydrogens (tertiary/aromatic N) is 3. The molecule has 0 N–H and O–H groups in total. The lowest BCUT2D eigenvalue weighted by Gasteiger charge is -2.22. The smallest absolute Gasteiger partial charge is 0.137 e. The van der Waals surface area contributed by atoms with Gasteiger partial charge >= 0.3 is 0 Å². The summed E-state index contributed by atoms with van der Waals surface area (Å²) in [5.41, 5.74) is 2.61. The summed E-state index contributed by atoms with van der Waals surface area (Å²) in [5, 5.41) is 8.71. The number of fused-ring (bicyclic) bond motifs is 1. The van der Waals surface area contributed by atoms with Crippen molar-refractivity contribution in [2.24, 2.45) is 0 Å². The predicted octanol–water partition coefficient (Wildman–Crippen LogP) is 3.07. The fourth-order valence-corrected chi connectivity index (χ4v) is 2.73. The van der Waals surface area contributed by atoms with E-state index in [0.717, 1.165) is 24.5 Å². The monoisotopic (exact) mass is 241 g/mol. The molecule has 1 aliphatic rings. The molecule has 3 nitrogen and oxygen atoms in total. The maximum Gasteiger partial charge on any atom is 0.137 e. The van der Waals surface area contributed by atoms with Gasteiger partial charge in [0, 0.05) is 18.9 Å². The summed E-state index contributed by atoms with van der Waals surface area (Å²) in [6, 6.07) is 9.23. The van der Waals surface area contributed by atoms with E-state index in [1.165, 1.54) is 24.0 Å². The van der Waals surface area contributed by atoms with E-state index in [0.29, 0.717) is 6.04 Å². The normalized spacial score (nSPS) is 18.7. The van der Waals surface area contributed by atoms with Gasteiger partial charge in [0.15, 0.2) is 0 Å². The SMILES string of the molecule is Cc1ccc(Cc2nnc3n2C(C)CCC3)cc1. The zero-order valence-electron chi connectivity index (χ0n) is 11.1. The standard InChI is InChI=1S/C15H19N3/c1-11-6-8-13(9-7-11)10-15-17-16-14-5-3-4-12(2)18(14)15/h6-9,12H,3-5,10H2,1-2H3. The van der Waals surface area contributed by atoms with Gasteiger partial charge in [-0.2, -0.15) is 0 Å². The average molecular weight is 241 g/mol. The van der Waals surface area contributed by atoms with Crippen LogP contribution in [-0.2, 0) is 12.8 Å². The van der Waals surface area contributed by atoms with E-state index in [4.69, 9.17) is 0 Å². The van der Waals surface area contributed by atoms with Crippen molar-refractivity contribution in [2.45, 2.75) is 45.6 Å². The van der Waals surface area contributed by atoms with E-state index in [1.54, 1.807) is 0 Å². The molecule has 0 saturated carbocycles. The van der Waals surface area contributed by atoms with Gasteiger partial charge in [-0.1, -0.05) is 29.8 Å². The van der Waals surface area contributed by atoms with Crippen LogP contribution in [0.15, 0.2) is 24.3 Å². The van der Waals surface area contributed by atoms with Gasteiger partial charge in [0.2, 0.25) is 0 Å². The lowest BCUT2D eigenvalue weighted by Crippen LogP contribution is -2.17.